The van der Waals surface area contributed by atoms with E-state index in [1.165, 1.54) is 6.08 Å². The highest BCUT2D eigenvalue weighted by molar-refractivity contribution is 5.89. The van der Waals surface area contributed by atoms with Gasteiger partial charge in [-0.1, -0.05) is 36.4 Å². The lowest BCUT2D eigenvalue weighted by Crippen LogP contribution is -2.33. The van der Waals surface area contributed by atoms with Crippen molar-refractivity contribution in [1.29, 1.82) is 0 Å². The summed E-state index contributed by atoms with van der Waals surface area (Å²) in [5.74, 6) is 0.342. The number of amides is 1. The molecule has 0 aliphatic heterocycles. The lowest BCUT2D eigenvalue weighted by atomic mass is 10.1. The minimum absolute atomic E-state index is 0.0237. The number of hydrogen-bond acceptors (Lipinski definition) is 5. The van der Waals surface area contributed by atoms with Gasteiger partial charge in [-0.3, -0.25) is 4.79 Å². The molecule has 6 nitrogen and oxygen atoms in total. The zero-order chi connectivity index (χ0) is 22.1. The van der Waals surface area contributed by atoms with Crippen LogP contribution in [-0.4, -0.2) is 43.6 Å². The third-order valence-corrected chi connectivity index (χ3v) is 4.56. The third kappa shape index (κ3) is 6.65. The van der Waals surface area contributed by atoms with E-state index in [-0.39, 0.29) is 24.7 Å². The fourth-order valence-electron chi connectivity index (χ4n) is 2.76. The first-order chi connectivity index (χ1) is 14.3. The van der Waals surface area contributed by atoms with Crippen LogP contribution in [0.2, 0.25) is 0 Å². The highest BCUT2D eigenvalue weighted by Crippen LogP contribution is 2.29. The molecular weight excluding hydrogens is 382 g/mol. The molecule has 0 aliphatic rings. The van der Waals surface area contributed by atoms with E-state index >= 15 is 0 Å². The Bertz CT molecular complexity index is 876. The first-order valence-electron chi connectivity index (χ1n) is 9.82. The van der Waals surface area contributed by atoms with Crippen LogP contribution in [0.25, 0.3) is 6.08 Å². The molecule has 6 heteroatoms. The minimum Gasteiger partial charge on any atom is -0.493 e. The lowest BCUT2D eigenvalue weighted by Gasteiger charge is -2.25. The number of hydrogen-bond donors (Lipinski definition) is 0. The van der Waals surface area contributed by atoms with Crippen LogP contribution in [0.1, 0.15) is 37.9 Å². The molecule has 2 aromatic rings. The second-order valence-corrected chi connectivity index (χ2v) is 7.11. The molecule has 0 saturated heterocycles. The lowest BCUT2D eigenvalue weighted by molar-refractivity contribution is -0.148. The first kappa shape index (κ1) is 23.0. The maximum atomic E-state index is 12.3. The Morgan fingerprint density at radius 2 is 1.73 bits per heavy atom. The van der Waals surface area contributed by atoms with Gasteiger partial charge in [0.1, 0.15) is 0 Å². The van der Waals surface area contributed by atoms with Crippen molar-refractivity contribution < 1.29 is 23.8 Å². The zero-order valence-electron chi connectivity index (χ0n) is 18.1. The average Bonchev–Trinajstić information content (AvgIpc) is 2.75. The van der Waals surface area contributed by atoms with Gasteiger partial charge in [-0.05, 0) is 50.1 Å². The quantitative estimate of drug-likeness (QED) is 0.456. The Morgan fingerprint density at radius 3 is 2.37 bits per heavy atom. The van der Waals surface area contributed by atoms with Crippen LogP contribution in [0.3, 0.4) is 0 Å². The second kappa shape index (κ2) is 11.0. The molecule has 0 heterocycles. The van der Waals surface area contributed by atoms with Crippen LogP contribution in [0, 0.1) is 0 Å². The normalized spacial score (nSPS) is 11.9. The summed E-state index contributed by atoms with van der Waals surface area (Å²) in [5.41, 5.74) is 1.76. The number of likely N-dealkylation sites (N-methyl/N-ethyl adjacent to an activating group) is 1. The van der Waals surface area contributed by atoms with Crippen molar-refractivity contribution in [2.45, 2.75) is 32.9 Å². The molecule has 2 rings (SSSR count). The van der Waals surface area contributed by atoms with E-state index in [1.54, 1.807) is 37.3 Å². The van der Waals surface area contributed by atoms with Crippen LogP contribution >= 0.6 is 0 Å². The summed E-state index contributed by atoms with van der Waals surface area (Å²) < 4.78 is 16.1. The van der Waals surface area contributed by atoms with Crippen molar-refractivity contribution in [3.63, 3.8) is 0 Å². The predicted octanol–water partition coefficient (Wildman–Crippen LogP) is 4.26. The summed E-state index contributed by atoms with van der Waals surface area (Å²) >= 11 is 0. The first-order valence-corrected chi connectivity index (χ1v) is 9.82. The van der Waals surface area contributed by atoms with Gasteiger partial charge in [-0.2, -0.15) is 0 Å². The highest BCUT2D eigenvalue weighted by Gasteiger charge is 2.18. The Balaban J connectivity index is 1.90. The molecule has 0 N–H and O–H groups in total. The molecule has 160 valence electrons. The van der Waals surface area contributed by atoms with Gasteiger partial charge in [-0.15, -0.1) is 0 Å². The smallest absolute Gasteiger partial charge is 0.331 e. The van der Waals surface area contributed by atoms with Crippen LogP contribution in [0.4, 0.5) is 0 Å². The van der Waals surface area contributed by atoms with E-state index in [9.17, 15) is 9.59 Å². The molecule has 30 heavy (non-hydrogen) atoms. The maximum absolute atomic E-state index is 12.3. The molecule has 0 fully saturated rings. The molecular formula is C24H29NO5. The van der Waals surface area contributed by atoms with E-state index in [0.29, 0.717) is 11.5 Å². The van der Waals surface area contributed by atoms with Crippen LogP contribution in [0.5, 0.6) is 11.5 Å². The minimum atomic E-state index is -0.592. The summed E-state index contributed by atoms with van der Waals surface area (Å²) in [6.45, 7) is 5.47. The van der Waals surface area contributed by atoms with Gasteiger partial charge < -0.3 is 19.1 Å². The molecule has 2 aromatic carbocycles. The van der Waals surface area contributed by atoms with Gasteiger partial charge >= 0.3 is 5.97 Å². The Morgan fingerprint density at radius 1 is 1.03 bits per heavy atom. The molecule has 0 aromatic heterocycles. The van der Waals surface area contributed by atoms with Gasteiger partial charge in [0.05, 0.1) is 19.3 Å². The Kier molecular flexibility index (Phi) is 8.47. The number of methoxy groups -OCH3 is 1. The summed E-state index contributed by atoms with van der Waals surface area (Å²) in [6.07, 6.45) is 2.91. The predicted molar refractivity (Wildman–Crippen MR) is 116 cm³/mol. The van der Waals surface area contributed by atoms with Crippen LogP contribution in [0.15, 0.2) is 54.6 Å². The van der Waals surface area contributed by atoms with Crippen molar-refractivity contribution in [3.05, 3.63) is 65.7 Å². The fourth-order valence-corrected chi connectivity index (χ4v) is 2.76. The van der Waals surface area contributed by atoms with Crippen molar-refractivity contribution >= 4 is 18.0 Å². The van der Waals surface area contributed by atoms with Gasteiger partial charge in [0.25, 0.3) is 5.91 Å². The summed E-state index contributed by atoms with van der Waals surface area (Å²) in [4.78, 5) is 25.9. The Hall–Kier alpha value is -3.28. The third-order valence-electron chi connectivity index (χ3n) is 4.56. The number of ether oxygens (including phenoxy) is 3. The highest BCUT2D eigenvalue weighted by atomic mass is 16.5. The van der Waals surface area contributed by atoms with E-state index in [1.807, 2.05) is 57.2 Å². The molecule has 1 atom stereocenters. The number of carbonyl (C=O) groups is 2. The monoisotopic (exact) mass is 411 g/mol. The van der Waals surface area contributed by atoms with Crippen molar-refractivity contribution in [2.24, 2.45) is 0 Å². The number of benzene rings is 2. The standard InChI is InChI=1S/C24H29NO5/c1-17(2)30-21-13-11-19(15-22(21)28-5)12-14-24(27)29-16-23(26)25(4)18(3)20-9-7-6-8-10-20/h6-15,17-18H,16H2,1-5H3/b14-12+/t18-/m0/s1. The maximum Gasteiger partial charge on any atom is 0.331 e. The number of nitrogens with zero attached hydrogens (tertiary/aromatic N) is 1. The number of carbonyl (C=O) groups excluding carboxylic acids is 2. The number of rotatable bonds is 9. The average molecular weight is 411 g/mol. The SMILES string of the molecule is COc1cc(/C=C/C(=O)OCC(=O)N(C)[C@@H](C)c2ccccc2)ccc1OC(C)C. The van der Waals surface area contributed by atoms with Gasteiger partial charge in [-0.25, -0.2) is 4.79 Å². The van der Waals surface area contributed by atoms with Crippen molar-refractivity contribution in [2.75, 3.05) is 20.8 Å². The largest absolute Gasteiger partial charge is 0.493 e. The van der Waals surface area contributed by atoms with Crippen molar-refractivity contribution in [1.82, 2.24) is 4.90 Å². The number of esters is 1. The zero-order valence-corrected chi connectivity index (χ0v) is 18.1. The molecule has 0 bridgehead atoms. The summed E-state index contributed by atoms with van der Waals surface area (Å²) in [7, 11) is 3.25. The molecule has 0 aliphatic carbocycles. The van der Waals surface area contributed by atoms with Gasteiger partial charge in [0, 0.05) is 13.1 Å². The van der Waals surface area contributed by atoms with E-state index in [0.717, 1.165) is 11.1 Å². The van der Waals surface area contributed by atoms with E-state index in [2.05, 4.69) is 0 Å². The molecule has 0 unspecified atom stereocenters. The van der Waals surface area contributed by atoms with Crippen LogP contribution in [-0.2, 0) is 14.3 Å². The topological polar surface area (TPSA) is 65.1 Å². The van der Waals surface area contributed by atoms with E-state index in [4.69, 9.17) is 14.2 Å². The second-order valence-electron chi connectivity index (χ2n) is 7.11. The molecule has 0 spiro atoms. The summed E-state index contributed by atoms with van der Waals surface area (Å²) in [5, 5.41) is 0. The molecule has 0 saturated carbocycles. The summed E-state index contributed by atoms with van der Waals surface area (Å²) in [6, 6.07) is 14.9. The fraction of sp³-hybridized carbons (Fsp3) is 0.333. The van der Waals surface area contributed by atoms with Crippen LogP contribution < -0.4 is 9.47 Å². The van der Waals surface area contributed by atoms with E-state index < -0.39 is 5.97 Å². The molecule has 0 radical (unpaired) electrons. The Labute approximate surface area is 178 Å². The van der Waals surface area contributed by atoms with Gasteiger partial charge in [0.2, 0.25) is 0 Å². The van der Waals surface area contributed by atoms with Gasteiger partial charge in [0.15, 0.2) is 18.1 Å². The molecule has 1 amide bonds. The van der Waals surface area contributed by atoms with Crippen molar-refractivity contribution in [3.8, 4) is 11.5 Å².